The molecule has 0 spiro atoms. The van der Waals surface area contributed by atoms with Gasteiger partial charge in [-0.15, -0.1) is 0 Å². The molecule has 0 heterocycles. The smallest absolute Gasteiger partial charge is 0.150 e. The third kappa shape index (κ3) is 8.50. The monoisotopic (exact) mass is 268 g/mol. The summed E-state index contributed by atoms with van der Waals surface area (Å²) in [6.07, 6.45) is 6.28. The average Bonchev–Trinajstić information content (AvgIpc) is 2.04. The molecule has 0 atom stereocenters. The topological polar surface area (TPSA) is 34.1 Å². The second-order valence-corrected chi connectivity index (χ2v) is 5.99. The Morgan fingerprint density at radius 2 is 1.77 bits per heavy atom. The molecular weight excluding hydrogens is 252 g/mol. The number of rotatable bonds is 7. The van der Waals surface area contributed by atoms with Crippen molar-refractivity contribution in [3.05, 3.63) is 12.2 Å². The van der Waals surface area contributed by atoms with Crippen LogP contribution in [0.5, 0.6) is 0 Å². The standard InChI is InChI=1S/C9H17BrO2S/c1-2-8-13(11,12)9-6-4-3-5-7-10/h3-4H,2,5-9H2,1H3/b4-3+. The average molecular weight is 269 g/mol. The first-order valence-corrected chi connectivity index (χ1v) is 7.48. The van der Waals surface area contributed by atoms with Gasteiger partial charge < -0.3 is 0 Å². The first-order valence-electron chi connectivity index (χ1n) is 4.53. The van der Waals surface area contributed by atoms with E-state index >= 15 is 0 Å². The van der Waals surface area contributed by atoms with Gasteiger partial charge in [0.2, 0.25) is 0 Å². The van der Waals surface area contributed by atoms with Crippen molar-refractivity contribution in [2.75, 3.05) is 16.8 Å². The van der Waals surface area contributed by atoms with Gasteiger partial charge in [-0.1, -0.05) is 35.0 Å². The molecular formula is C9H17BrO2S. The molecule has 0 rings (SSSR count). The number of hydrogen-bond donors (Lipinski definition) is 0. The van der Waals surface area contributed by atoms with Crippen LogP contribution in [0.1, 0.15) is 26.2 Å². The second kappa shape index (κ2) is 7.56. The number of sulfone groups is 1. The SMILES string of the molecule is CCCS(=O)(=O)CC/C=C/CCBr. The molecule has 0 radical (unpaired) electrons. The van der Waals surface area contributed by atoms with Gasteiger partial charge in [0.25, 0.3) is 0 Å². The molecule has 0 bridgehead atoms. The van der Waals surface area contributed by atoms with Crippen LogP contribution in [0, 0.1) is 0 Å². The van der Waals surface area contributed by atoms with Crippen molar-refractivity contribution >= 4 is 25.8 Å². The van der Waals surface area contributed by atoms with Crippen LogP contribution in [-0.4, -0.2) is 25.3 Å². The summed E-state index contributed by atoms with van der Waals surface area (Å²) in [6.45, 7) is 1.89. The zero-order valence-corrected chi connectivity index (χ0v) is 10.4. The molecule has 0 saturated carbocycles. The van der Waals surface area contributed by atoms with E-state index in [1.165, 1.54) is 0 Å². The number of hydrogen-bond acceptors (Lipinski definition) is 2. The summed E-state index contributed by atoms with van der Waals surface area (Å²) in [5.41, 5.74) is 0. The fraction of sp³-hybridized carbons (Fsp3) is 0.778. The van der Waals surface area contributed by atoms with E-state index in [-0.39, 0.29) is 0 Å². The van der Waals surface area contributed by atoms with Gasteiger partial charge >= 0.3 is 0 Å². The third-order valence-corrected chi connectivity index (χ3v) is 3.90. The lowest BCUT2D eigenvalue weighted by Crippen LogP contribution is -2.09. The first-order chi connectivity index (χ1) is 6.12. The van der Waals surface area contributed by atoms with Crippen LogP contribution < -0.4 is 0 Å². The summed E-state index contributed by atoms with van der Waals surface area (Å²) in [7, 11) is -2.78. The number of halogens is 1. The molecule has 0 amide bonds. The number of allylic oxidation sites excluding steroid dienone is 2. The Labute approximate surface area is 89.5 Å². The molecule has 0 N–H and O–H groups in total. The van der Waals surface area contributed by atoms with Crippen molar-refractivity contribution in [3.63, 3.8) is 0 Å². The van der Waals surface area contributed by atoms with Gasteiger partial charge in [0, 0.05) is 11.1 Å². The molecule has 0 aromatic rings. The van der Waals surface area contributed by atoms with Crippen LogP contribution >= 0.6 is 15.9 Å². The molecule has 4 heteroatoms. The maximum absolute atomic E-state index is 11.2. The molecule has 13 heavy (non-hydrogen) atoms. The van der Waals surface area contributed by atoms with Gasteiger partial charge in [-0.05, 0) is 19.3 Å². The van der Waals surface area contributed by atoms with Crippen LogP contribution in [0.15, 0.2) is 12.2 Å². The van der Waals surface area contributed by atoms with Crippen LogP contribution in [-0.2, 0) is 9.84 Å². The third-order valence-electron chi connectivity index (χ3n) is 1.55. The molecule has 0 aliphatic rings. The van der Waals surface area contributed by atoms with Gasteiger partial charge in [0.1, 0.15) is 0 Å². The lowest BCUT2D eigenvalue weighted by Gasteiger charge is -1.98. The molecule has 0 aliphatic heterocycles. The van der Waals surface area contributed by atoms with E-state index in [9.17, 15) is 8.42 Å². The highest BCUT2D eigenvalue weighted by molar-refractivity contribution is 9.09. The zero-order valence-electron chi connectivity index (χ0n) is 8.00. The van der Waals surface area contributed by atoms with Crippen LogP contribution in [0.25, 0.3) is 0 Å². The molecule has 2 nitrogen and oxygen atoms in total. The fourth-order valence-electron chi connectivity index (χ4n) is 0.959. The number of alkyl halides is 1. The zero-order chi connectivity index (χ0) is 10.2. The molecule has 0 aromatic carbocycles. The van der Waals surface area contributed by atoms with Gasteiger partial charge in [0.05, 0.1) is 5.75 Å². The first kappa shape index (κ1) is 13.2. The van der Waals surface area contributed by atoms with E-state index in [2.05, 4.69) is 15.9 Å². The summed E-state index contributed by atoms with van der Waals surface area (Å²) < 4.78 is 22.4. The van der Waals surface area contributed by atoms with Crippen molar-refractivity contribution in [2.45, 2.75) is 26.2 Å². The summed E-state index contributed by atoms with van der Waals surface area (Å²) in [5.74, 6) is 0.610. The highest BCUT2D eigenvalue weighted by Gasteiger charge is 2.06. The predicted molar refractivity (Wildman–Crippen MR) is 61.1 cm³/mol. The van der Waals surface area contributed by atoms with Gasteiger partial charge in [-0.2, -0.15) is 0 Å². The van der Waals surface area contributed by atoms with Gasteiger partial charge in [-0.25, -0.2) is 8.42 Å². The van der Waals surface area contributed by atoms with Gasteiger partial charge in [-0.3, -0.25) is 0 Å². The Balaban J connectivity index is 3.63. The van der Waals surface area contributed by atoms with Crippen molar-refractivity contribution in [1.82, 2.24) is 0 Å². The maximum atomic E-state index is 11.2. The van der Waals surface area contributed by atoms with Crippen molar-refractivity contribution in [2.24, 2.45) is 0 Å². The summed E-state index contributed by atoms with van der Waals surface area (Å²) in [4.78, 5) is 0. The summed E-state index contributed by atoms with van der Waals surface area (Å²) in [6, 6.07) is 0. The Kier molecular flexibility index (Phi) is 7.66. The van der Waals surface area contributed by atoms with E-state index < -0.39 is 9.84 Å². The lowest BCUT2D eigenvalue weighted by molar-refractivity contribution is 0.594. The summed E-state index contributed by atoms with van der Waals surface area (Å²) in [5, 5.41) is 0.936. The van der Waals surface area contributed by atoms with Crippen molar-refractivity contribution < 1.29 is 8.42 Å². The Bertz CT molecular complexity index is 232. The van der Waals surface area contributed by atoms with Crippen molar-refractivity contribution in [3.8, 4) is 0 Å². The van der Waals surface area contributed by atoms with Crippen molar-refractivity contribution in [1.29, 1.82) is 0 Å². The van der Waals surface area contributed by atoms with Gasteiger partial charge in [0.15, 0.2) is 9.84 Å². The van der Waals surface area contributed by atoms with E-state index in [4.69, 9.17) is 0 Å². The molecule has 0 aliphatic carbocycles. The highest BCUT2D eigenvalue weighted by atomic mass is 79.9. The van der Waals surface area contributed by atoms with Crippen LogP contribution in [0.3, 0.4) is 0 Å². The molecule has 0 aromatic heterocycles. The maximum Gasteiger partial charge on any atom is 0.150 e. The highest BCUT2D eigenvalue weighted by Crippen LogP contribution is 1.98. The summed E-state index contributed by atoms with van der Waals surface area (Å²) >= 11 is 3.30. The normalized spacial score (nSPS) is 12.5. The predicted octanol–water partition coefficient (Wildman–Crippen LogP) is 2.54. The quantitative estimate of drug-likeness (QED) is 0.525. The Morgan fingerprint density at radius 3 is 2.31 bits per heavy atom. The molecule has 0 fully saturated rings. The Morgan fingerprint density at radius 1 is 1.15 bits per heavy atom. The lowest BCUT2D eigenvalue weighted by atomic mass is 10.4. The fourth-order valence-corrected chi connectivity index (χ4v) is 2.55. The molecule has 0 saturated heterocycles. The molecule has 78 valence electrons. The minimum atomic E-state index is -2.78. The van der Waals surface area contributed by atoms with E-state index in [1.807, 2.05) is 19.1 Å². The van der Waals surface area contributed by atoms with E-state index in [0.29, 0.717) is 24.3 Å². The van der Waals surface area contributed by atoms with Crippen LogP contribution in [0.2, 0.25) is 0 Å². The Hall–Kier alpha value is 0.170. The van der Waals surface area contributed by atoms with Crippen LogP contribution in [0.4, 0.5) is 0 Å². The largest absolute Gasteiger partial charge is 0.229 e. The van der Waals surface area contributed by atoms with E-state index in [1.54, 1.807) is 0 Å². The second-order valence-electron chi connectivity index (χ2n) is 2.89. The minimum absolute atomic E-state index is 0.291. The molecule has 0 unspecified atom stereocenters. The van der Waals surface area contributed by atoms with E-state index in [0.717, 1.165) is 11.8 Å². The minimum Gasteiger partial charge on any atom is -0.229 e.